The first-order valence-electron chi connectivity index (χ1n) is 6.81. The maximum absolute atomic E-state index is 11.8. The van der Waals surface area contributed by atoms with Crippen LogP contribution in [-0.2, 0) is 9.59 Å². The molecule has 7 nitrogen and oxygen atoms in total. The van der Waals surface area contributed by atoms with Gasteiger partial charge in [0.2, 0.25) is 5.91 Å². The van der Waals surface area contributed by atoms with Crippen molar-refractivity contribution in [2.24, 2.45) is 5.92 Å². The van der Waals surface area contributed by atoms with E-state index < -0.39 is 18.0 Å². The minimum atomic E-state index is -1.07. The summed E-state index contributed by atoms with van der Waals surface area (Å²) in [5.41, 5.74) is 0. The molecule has 7 heteroatoms. The molecule has 3 amide bonds. The first-order valence-corrected chi connectivity index (χ1v) is 6.81. The number of hydrogen-bond donors (Lipinski definition) is 3. The van der Waals surface area contributed by atoms with Crippen LogP contribution in [0.1, 0.15) is 34.1 Å². The summed E-state index contributed by atoms with van der Waals surface area (Å²) < 4.78 is 0. The first-order chi connectivity index (χ1) is 9.22. The Morgan fingerprint density at radius 1 is 1.30 bits per heavy atom. The molecule has 0 spiro atoms. The van der Waals surface area contributed by atoms with Crippen LogP contribution in [0.3, 0.4) is 0 Å². The number of rotatable bonds is 5. The average Bonchev–Trinajstić information content (AvgIpc) is 2.66. The van der Waals surface area contributed by atoms with E-state index in [0.717, 1.165) is 0 Å². The Hall–Kier alpha value is -1.79. The molecule has 1 aliphatic heterocycles. The fraction of sp³-hybridized carbons (Fsp3) is 0.769. The minimum Gasteiger partial charge on any atom is -0.480 e. The van der Waals surface area contributed by atoms with Gasteiger partial charge in [-0.05, 0) is 19.8 Å². The highest BCUT2D eigenvalue weighted by atomic mass is 16.4. The van der Waals surface area contributed by atoms with Crippen LogP contribution in [0.2, 0.25) is 0 Å². The summed E-state index contributed by atoms with van der Waals surface area (Å²) in [4.78, 5) is 36.2. The highest BCUT2D eigenvalue weighted by Gasteiger charge is 2.33. The Bertz CT molecular complexity index is 395. The van der Waals surface area contributed by atoms with Gasteiger partial charge >= 0.3 is 12.0 Å². The van der Waals surface area contributed by atoms with Crippen molar-refractivity contribution >= 4 is 17.9 Å². The summed E-state index contributed by atoms with van der Waals surface area (Å²) in [5, 5.41) is 14.1. The predicted octanol–water partition coefficient (Wildman–Crippen LogP) is 0.404. The summed E-state index contributed by atoms with van der Waals surface area (Å²) in [6, 6.07) is -1.66. The number of carboxylic acids is 1. The van der Waals surface area contributed by atoms with Gasteiger partial charge in [0.1, 0.15) is 6.04 Å². The van der Waals surface area contributed by atoms with Gasteiger partial charge in [-0.3, -0.25) is 4.79 Å². The Balaban J connectivity index is 2.51. The lowest BCUT2D eigenvalue weighted by atomic mass is 10.1. The van der Waals surface area contributed by atoms with E-state index in [0.29, 0.717) is 6.54 Å². The Kier molecular flexibility index (Phi) is 5.35. The van der Waals surface area contributed by atoms with Crippen molar-refractivity contribution < 1.29 is 19.5 Å². The van der Waals surface area contributed by atoms with Crippen LogP contribution in [0.25, 0.3) is 0 Å². The molecule has 20 heavy (non-hydrogen) atoms. The minimum absolute atomic E-state index is 0.00365. The van der Waals surface area contributed by atoms with Crippen LogP contribution in [0.15, 0.2) is 0 Å². The van der Waals surface area contributed by atoms with Crippen LogP contribution in [0.5, 0.6) is 0 Å². The molecular weight excluding hydrogens is 262 g/mol. The molecule has 1 rings (SSSR count). The van der Waals surface area contributed by atoms with Gasteiger partial charge in [0.05, 0.1) is 6.04 Å². The summed E-state index contributed by atoms with van der Waals surface area (Å²) >= 11 is 0. The molecule has 0 bridgehead atoms. The number of carbonyl (C=O) groups is 3. The van der Waals surface area contributed by atoms with Crippen molar-refractivity contribution in [1.29, 1.82) is 0 Å². The largest absolute Gasteiger partial charge is 0.480 e. The van der Waals surface area contributed by atoms with E-state index >= 15 is 0 Å². The second kappa shape index (κ2) is 6.58. The fourth-order valence-corrected chi connectivity index (χ4v) is 2.21. The van der Waals surface area contributed by atoms with Gasteiger partial charge in [-0.2, -0.15) is 0 Å². The monoisotopic (exact) mass is 285 g/mol. The second-order valence-corrected chi connectivity index (χ2v) is 5.72. The molecule has 2 atom stereocenters. The topological polar surface area (TPSA) is 98.7 Å². The number of carbonyl (C=O) groups excluding carboxylic acids is 2. The quantitative estimate of drug-likeness (QED) is 0.681. The zero-order valence-electron chi connectivity index (χ0n) is 12.3. The van der Waals surface area contributed by atoms with Gasteiger partial charge in [0.25, 0.3) is 0 Å². The third kappa shape index (κ3) is 4.11. The summed E-state index contributed by atoms with van der Waals surface area (Å²) in [6.07, 6.45) is 0.255. The van der Waals surface area contributed by atoms with E-state index in [-0.39, 0.29) is 30.3 Å². The molecule has 1 saturated heterocycles. The molecule has 0 aromatic carbocycles. The van der Waals surface area contributed by atoms with Crippen molar-refractivity contribution in [3.8, 4) is 0 Å². The smallest absolute Gasteiger partial charge is 0.326 e. The molecule has 3 N–H and O–H groups in total. The van der Waals surface area contributed by atoms with Crippen LogP contribution in [-0.4, -0.2) is 52.6 Å². The number of carboxylic acid groups (broad SMARTS) is 1. The third-order valence-corrected chi connectivity index (χ3v) is 3.34. The number of nitrogens with one attached hydrogen (secondary N) is 2. The molecule has 114 valence electrons. The molecule has 1 fully saturated rings. The molecule has 2 unspecified atom stereocenters. The summed E-state index contributed by atoms with van der Waals surface area (Å²) in [6.45, 7) is 7.74. The standard InChI is InChI=1S/C13H23N3O4/c1-7(2)11(12(18)19)15-13(20)14-9-5-10(17)16(6-9)8(3)4/h7-9,11H,5-6H2,1-4H3,(H,18,19)(H2,14,15,20). The predicted molar refractivity (Wildman–Crippen MR) is 73.2 cm³/mol. The van der Waals surface area contributed by atoms with E-state index in [1.165, 1.54) is 0 Å². The fourth-order valence-electron chi connectivity index (χ4n) is 2.21. The van der Waals surface area contributed by atoms with Crippen LogP contribution < -0.4 is 10.6 Å². The summed E-state index contributed by atoms with van der Waals surface area (Å²) in [5.74, 6) is -1.28. The maximum atomic E-state index is 11.8. The highest BCUT2D eigenvalue weighted by Crippen LogP contribution is 2.14. The van der Waals surface area contributed by atoms with E-state index in [1.54, 1.807) is 18.7 Å². The molecule has 0 saturated carbocycles. The van der Waals surface area contributed by atoms with Gasteiger partial charge in [-0.25, -0.2) is 9.59 Å². The number of hydrogen-bond acceptors (Lipinski definition) is 3. The summed E-state index contributed by atoms with van der Waals surface area (Å²) in [7, 11) is 0. The Labute approximate surface area is 118 Å². The van der Waals surface area contributed by atoms with Crippen LogP contribution in [0, 0.1) is 5.92 Å². The number of aliphatic carboxylic acids is 1. The molecule has 0 radical (unpaired) electrons. The average molecular weight is 285 g/mol. The van der Waals surface area contributed by atoms with Gasteiger partial charge in [0, 0.05) is 19.0 Å². The SMILES string of the molecule is CC(C)C(NC(=O)NC1CC(=O)N(C(C)C)C1)C(=O)O. The zero-order valence-corrected chi connectivity index (χ0v) is 12.3. The normalized spacial score (nSPS) is 20.4. The third-order valence-electron chi connectivity index (χ3n) is 3.34. The van der Waals surface area contributed by atoms with Gasteiger partial charge in [-0.15, -0.1) is 0 Å². The highest BCUT2D eigenvalue weighted by molar-refractivity contribution is 5.84. The van der Waals surface area contributed by atoms with Crippen LogP contribution in [0.4, 0.5) is 4.79 Å². The van der Waals surface area contributed by atoms with Crippen molar-refractivity contribution in [3.63, 3.8) is 0 Å². The second-order valence-electron chi connectivity index (χ2n) is 5.72. The van der Waals surface area contributed by atoms with Gasteiger partial charge in [0.15, 0.2) is 0 Å². The van der Waals surface area contributed by atoms with E-state index in [4.69, 9.17) is 5.11 Å². The zero-order chi connectivity index (χ0) is 15.4. The first kappa shape index (κ1) is 16.3. The number of nitrogens with zero attached hydrogens (tertiary/aromatic N) is 1. The Morgan fingerprint density at radius 3 is 2.30 bits per heavy atom. The molecule has 1 heterocycles. The number of likely N-dealkylation sites (tertiary alicyclic amines) is 1. The molecule has 0 aliphatic carbocycles. The number of urea groups is 1. The van der Waals surface area contributed by atoms with E-state index in [1.807, 2.05) is 13.8 Å². The maximum Gasteiger partial charge on any atom is 0.326 e. The van der Waals surface area contributed by atoms with Crippen molar-refractivity contribution in [1.82, 2.24) is 15.5 Å². The molecule has 0 aromatic heterocycles. The van der Waals surface area contributed by atoms with Crippen molar-refractivity contribution in [3.05, 3.63) is 0 Å². The van der Waals surface area contributed by atoms with E-state index in [9.17, 15) is 14.4 Å². The van der Waals surface area contributed by atoms with E-state index in [2.05, 4.69) is 10.6 Å². The van der Waals surface area contributed by atoms with Gasteiger partial charge < -0.3 is 20.6 Å². The van der Waals surface area contributed by atoms with Crippen LogP contribution >= 0.6 is 0 Å². The molecular formula is C13H23N3O4. The Morgan fingerprint density at radius 2 is 1.90 bits per heavy atom. The lowest BCUT2D eigenvalue weighted by Gasteiger charge is -2.22. The molecule has 1 aliphatic rings. The number of amides is 3. The molecule has 0 aromatic rings. The van der Waals surface area contributed by atoms with Gasteiger partial charge in [-0.1, -0.05) is 13.8 Å². The lowest BCUT2D eigenvalue weighted by molar-refractivity contribution is -0.140. The van der Waals surface area contributed by atoms with Crippen molar-refractivity contribution in [2.75, 3.05) is 6.54 Å². The van der Waals surface area contributed by atoms with Crippen molar-refractivity contribution in [2.45, 2.75) is 52.2 Å². The lowest BCUT2D eigenvalue weighted by Crippen LogP contribution is -2.51.